The molecule has 0 fully saturated rings. The molecule has 19 aromatic rings. The minimum absolute atomic E-state index is 0.608. The highest BCUT2D eigenvalue weighted by atomic mass is 35.5. The van der Waals surface area contributed by atoms with Gasteiger partial charge in [0.2, 0.25) is 0 Å². The molecule has 540 valence electrons. The molecular weight excluding hydrogens is 1430 g/mol. The quantitative estimate of drug-likeness (QED) is 0.156. The normalized spacial score (nSPS) is 13.2. The largest absolute Gasteiger partial charge is 0.457 e. The van der Waals surface area contributed by atoms with Crippen molar-refractivity contribution in [2.45, 2.75) is 17.3 Å². The average molecular weight is 1490 g/mol. The van der Waals surface area contributed by atoms with Crippen LogP contribution in [0.1, 0.15) is 55.6 Å². The first-order chi connectivity index (χ1) is 56.9. The molecule has 16 aromatic carbocycles. The van der Waals surface area contributed by atoms with Crippen LogP contribution < -0.4 is 9.47 Å². The second-order valence-electron chi connectivity index (χ2n) is 29.5. The van der Waals surface area contributed by atoms with E-state index in [0.29, 0.717) is 40.0 Å². The summed E-state index contributed by atoms with van der Waals surface area (Å²) in [7, 11) is 0. The van der Waals surface area contributed by atoms with Crippen molar-refractivity contribution in [1.29, 1.82) is 0 Å². The Balaban J connectivity index is 0.000000123. The van der Waals surface area contributed by atoms with Gasteiger partial charge < -0.3 is 14.0 Å². The van der Waals surface area contributed by atoms with E-state index in [1.54, 1.807) is 0 Å². The molecule has 0 unspecified atom stereocenters. The monoisotopic (exact) mass is 1490 g/mol. The van der Waals surface area contributed by atoms with Crippen molar-refractivity contribution in [2.24, 2.45) is 0 Å². The summed E-state index contributed by atoms with van der Waals surface area (Å²) in [4.78, 5) is 30.8. The molecule has 115 heavy (non-hydrogen) atoms. The summed E-state index contributed by atoms with van der Waals surface area (Å²) in [6, 6.07) is 135. The number of fused-ring (bicyclic) bond motifs is 24. The SMILES string of the molecule is Clc1ccc2c(c1)-c1c(-c3nc(-c4ccccc4)nc(-c4ccccc4)n3)cccc1C21c2ccccc2Oc2ccccc21.c1ccc(-c2nc(-c3ccccc3)nc(-c3cccc4c3-c3cc(-n5c6ccccc6c6ccccc65)ccc3C43c4ccccc4Oc4ccccc43)n2)cc1.c1ccc2c(c1)Cc1ccccc1-2. The van der Waals surface area contributed by atoms with Crippen LogP contribution in [0.15, 0.2) is 388 Å². The van der Waals surface area contributed by atoms with E-state index in [4.69, 9.17) is 51.0 Å². The molecule has 0 saturated carbocycles. The summed E-state index contributed by atoms with van der Waals surface area (Å²) >= 11 is 6.76. The third-order valence-electron chi connectivity index (χ3n) is 23.3. The second kappa shape index (κ2) is 27.3. The smallest absolute Gasteiger partial charge is 0.164 e. The Bertz CT molecular complexity index is 6800. The van der Waals surface area contributed by atoms with Gasteiger partial charge in [-0.1, -0.05) is 339 Å². The first-order valence-electron chi connectivity index (χ1n) is 38.8. The Morgan fingerprint density at radius 1 is 0.243 bits per heavy atom. The van der Waals surface area contributed by atoms with Crippen LogP contribution in [0.25, 0.3) is 129 Å². The van der Waals surface area contributed by atoms with E-state index in [2.05, 4.69) is 278 Å². The first kappa shape index (κ1) is 67.2. The van der Waals surface area contributed by atoms with Crippen LogP contribution in [0.3, 0.4) is 0 Å². The number of rotatable bonds is 7. The molecule has 10 heteroatoms. The molecule has 0 saturated heterocycles. The van der Waals surface area contributed by atoms with Gasteiger partial charge in [0.05, 0.1) is 21.9 Å². The predicted molar refractivity (Wildman–Crippen MR) is 461 cm³/mol. The molecule has 0 amide bonds. The molecule has 3 aliphatic carbocycles. The Hall–Kier alpha value is -14.8. The number of halogens is 1. The van der Waals surface area contributed by atoms with Gasteiger partial charge in [0, 0.05) is 77.1 Å². The Morgan fingerprint density at radius 3 is 0.965 bits per heavy atom. The van der Waals surface area contributed by atoms with Crippen LogP contribution in [-0.2, 0) is 17.3 Å². The summed E-state index contributed by atoms with van der Waals surface area (Å²) in [5, 5.41) is 3.13. The topological polar surface area (TPSA) is 101 Å². The summed E-state index contributed by atoms with van der Waals surface area (Å²) < 4.78 is 15.6. The minimum atomic E-state index is -0.664. The van der Waals surface area contributed by atoms with Crippen LogP contribution in [0.5, 0.6) is 23.0 Å². The molecule has 2 spiro atoms. The van der Waals surface area contributed by atoms with E-state index in [0.717, 1.165) is 124 Å². The molecule has 24 rings (SSSR count). The van der Waals surface area contributed by atoms with Crippen molar-refractivity contribution in [3.63, 3.8) is 0 Å². The van der Waals surface area contributed by atoms with E-state index >= 15 is 0 Å². The van der Waals surface area contributed by atoms with Gasteiger partial charge in [-0.15, -0.1) is 0 Å². The molecule has 0 radical (unpaired) electrons. The van der Waals surface area contributed by atoms with Crippen LogP contribution in [0.2, 0.25) is 5.02 Å². The standard InChI is InChI=1S/C52H32N4O.C40H24ClN3O.C13H10/c1-3-16-33(17-4-1)49-53-50(34-18-5-2-6-19-34)55-51(54-49)38-22-15-25-43-48(38)39-32-35(56-44-26-11-7-20-36(44)37-21-8-12-27-45(37)56)30-31-40(39)52(43)41-23-9-13-28-46(41)57-47-29-14-10-24-42(47)52;41-27-22-23-30-29(24-27)36-28(39-43-37(25-12-3-1-4-13-25)42-38(44-39)26-14-5-2-6-15-26)16-11-19-33(36)40(30)31-17-7-9-20-34(31)45-35-21-10-8-18-32(35)40;1-3-7-12-10(5-1)9-11-6-2-4-8-13(11)12/h1-32H;1-24H;1-8H,9H2. The van der Waals surface area contributed by atoms with Crippen molar-refractivity contribution in [3.8, 4) is 130 Å². The van der Waals surface area contributed by atoms with Crippen molar-refractivity contribution in [3.05, 3.63) is 449 Å². The highest BCUT2D eigenvalue weighted by Gasteiger charge is 2.54. The highest BCUT2D eigenvalue weighted by molar-refractivity contribution is 6.31. The van der Waals surface area contributed by atoms with Gasteiger partial charge in [-0.3, -0.25) is 0 Å². The lowest BCUT2D eigenvalue weighted by molar-refractivity contribution is 0.436. The maximum atomic E-state index is 6.76. The summed E-state index contributed by atoms with van der Waals surface area (Å²) in [6.45, 7) is 0. The number of aromatic nitrogens is 7. The number of hydrogen-bond acceptors (Lipinski definition) is 8. The van der Waals surface area contributed by atoms with Gasteiger partial charge >= 0.3 is 0 Å². The fourth-order valence-corrected chi connectivity index (χ4v) is 18.7. The molecule has 5 heterocycles. The van der Waals surface area contributed by atoms with E-state index < -0.39 is 10.8 Å². The van der Waals surface area contributed by atoms with Crippen molar-refractivity contribution in [1.82, 2.24) is 34.5 Å². The molecular formula is C105H66ClN7O2. The average Bonchev–Trinajstić information content (AvgIpc) is 1.53. The van der Waals surface area contributed by atoms with Gasteiger partial charge in [-0.05, 0) is 134 Å². The van der Waals surface area contributed by atoms with Crippen molar-refractivity contribution >= 4 is 33.4 Å². The third kappa shape index (κ3) is 10.8. The molecule has 9 nitrogen and oxygen atoms in total. The molecule has 0 N–H and O–H groups in total. The van der Waals surface area contributed by atoms with Crippen molar-refractivity contribution in [2.75, 3.05) is 0 Å². The maximum absolute atomic E-state index is 6.76. The number of ether oxygens (including phenoxy) is 2. The van der Waals surface area contributed by atoms with Crippen LogP contribution in [-0.4, -0.2) is 34.5 Å². The molecule has 2 aliphatic heterocycles. The Kier molecular flexibility index (Phi) is 15.9. The lowest BCUT2D eigenvalue weighted by Crippen LogP contribution is -2.32. The highest BCUT2D eigenvalue weighted by Crippen LogP contribution is 2.66. The maximum Gasteiger partial charge on any atom is 0.164 e. The first-order valence-corrected chi connectivity index (χ1v) is 39.2. The van der Waals surface area contributed by atoms with E-state index in [-0.39, 0.29) is 0 Å². The van der Waals surface area contributed by atoms with E-state index in [1.807, 2.05) is 115 Å². The zero-order valence-corrected chi connectivity index (χ0v) is 62.7. The van der Waals surface area contributed by atoms with E-state index in [1.165, 1.54) is 55.2 Å². The lowest BCUT2D eigenvalue weighted by Gasteiger charge is -2.39. The molecule has 3 aromatic heterocycles. The fourth-order valence-electron chi connectivity index (χ4n) is 18.5. The number of hydrogen-bond donors (Lipinski definition) is 0. The summed E-state index contributed by atoms with van der Waals surface area (Å²) in [5.74, 6) is 7.12. The molecule has 0 atom stereocenters. The van der Waals surface area contributed by atoms with Crippen LogP contribution in [0, 0.1) is 0 Å². The van der Waals surface area contributed by atoms with Crippen LogP contribution >= 0.6 is 11.6 Å². The van der Waals surface area contributed by atoms with Gasteiger partial charge in [0.25, 0.3) is 0 Å². The number of nitrogens with zero attached hydrogens (tertiary/aromatic N) is 7. The van der Waals surface area contributed by atoms with Crippen LogP contribution in [0.4, 0.5) is 0 Å². The second-order valence-corrected chi connectivity index (χ2v) is 29.9. The molecule has 5 aliphatic rings. The van der Waals surface area contributed by atoms with Crippen molar-refractivity contribution < 1.29 is 9.47 Å². The fraction of sp³-hybridized carbons (Fsp3) is 0.0286. The Labute approximate surface area is 669 Å². The zero-order valence-electron chi connectivity index (χ0n) is 62.0. The Morgan fingerprint density at radius 2 is 0.557 bits per heavy atom. The summed E-state index contributed by atoms with van der Waals surface area (Å²) in [6.07, 6.45) is 1.10. The molecule has 0 bridgehead atoms. The minimum Gasteiger partial charge on any atom is -0.457 e. The van der Waals surface area contributed by atoms with Gasteiger partial charge in [0.15, 0.2) is 34.9 Å². The number of benzene rings is 16. The third-order valence-corrected chi connectivity index (χ3v) is 23.5. The lowest BCUT2D eigenvalue weighted by atomic mass is 9.66. The van der Waals surface area contributed by atoms with Gasteiger partial charge in [-0.25, -0.2) is 29.9 Å². The van der Waals surface area contributed by atoms with Gasteiger partial charge in [0.1, 0.15) is 23.0 Å². The predicted octanol–water partition coefficient (Wildman–Crippen LogP) is 25.7. The van der Waals surface area contributed by atoms with E-state index in [9.17, 15) is 0 Å². The summed E-state index contributed by atoms with van der Waals surface area (Å²) in [5.41, 5.74) is 26.9. The number of para-hydroxylation sites is 6. The zero-order chi connectivity index (χ0) is 76.1. The van der Waals surface area contributed by atoms with Gasteiger partial charge in [-0.2, -0.15) is 0 Å².